The van der Waals surface area contributed by atoms with Crippen molar-refractivity contribution in [1.29, 1.82) is 0 Å². The Balaban J connectivity index is 3.14. The van der Waals surface area contributed by atoms with Gasteiger partial charge in [0, 0.05) is 21.2 Å². The number of hydrogen-bond donors (Lipinski definition) is 1. The van der Waals surface area contributed by atoms with E-state index in [0.29, 0.717) is 12.6 Å². The number of nitrogens with zero attached hydrogens (tertiary/aromatic N) is 4. The van der Waals surface area contributed by atoms with Crippen LogP contribution in [0, 0.1) is 10.1 Å². The van der Waals surface area contributed by atoms with Gasteiger partial charge in [0.2, 0.25) is 11.8 Å². The molecule has 1 heterocycles. The molecule has 0 aliphatic heterocycles. The van der Waals surface area contributed by atoms with Gasteiger partial charge in [0.25, 0.3) is 0 Å². The summed E-state index contributed by atoms with van der Waals surface area (Å²) in [6.45, 7) is 2.35. The SMILES string of the molecule is CNc1ncc([N+](=O)[O-])c(N(C)C(C)COC)n1. The second-order valence-electron chi connectivity index (χ2n) is 3.82. The lowest BCUT2D eigenvalue weighted by atomic mass is 10.3. The summed E-state index contributed by atoms with van der Waals surface area (Å²) in [6, 6.07) is -0.0340. The molecule has 1 unspecified atom stereocenters. The first-order valence-corrected chi connectivity index (χ1v) is 5.42. The maximum Gasteiger partial charge on any atom is 0.329 e. The molecule has 0 aliphatic rings. The van der Waals surface area contributed by atoms with Crippen molar-refractivity contribution in [2.24, 2.45) is 0 Å². The molecule has 1 atom stereocenters. The van der Waals surface area contributed by atoms with Crippen LogP contribution in [0.5, 0.6) is 0 Å². The van der Waals surface area contributed by atoms with Gasteiger partial charge in [-0.15, -0.1) is 0 Å². The Morgan fingerprint density at radius 3 is 2.83 bits per heavy atom. The molecule has 1 aromatic heterocycles. The Labute approximate surface area is 105 Å². The zero-order valence-corrected chi connectivity index (χ0v) is 10.9. The Bertz CT molecular complexity index is 426. The molecular weight excluding hydrogens is 238 g/mol. The van der Waals surface area contributed by atoms with Crippen molar-refractivity contribution in [2.75, 3.05) is 38.0 Å². The lowest BCUT2D eigenvalue weighted by Crippen LogP contribution is -2.33. The van der Waals surface area contributed by atoms with Crippen LogP contribution in [0.4, 0.5) is 17.5 Å². The van der Waals surface area contributed by atoms with Crippen LogP contribution in [-0.2, 0) is 4.74 Å². The number of nitrogens with one attached hydrogen (secondary N) is 1. The summed E-state index contributed by atoms with van der Waals surface area (Å²) in [5, 5.41) is 13.7. The van der Waals surface area contributed by atoms with Crippen LogP contribution >= 0.6 is 0 Å². The number of rotatable bonds is 6. The average Bonchev–Trinajstić information content (AvgIpc) is 2.37. The van der Waals surface area contributed by atoms with Crippen molar-refractivity contribution < 1.29 is 9.66 Å². The van der Waals surface area contributed by atoms with Crippen LogP contribution < -0.4 is 10.2 Å². The third-order valence-electron chi connectivity index (χ3n) is 2.57. The molecule has 1 rings (SSSR count). The molecule has 8 nitrogen and oxygen atoms in total. The molecule has 0 spiro atoms. The minimum Gasteiger partial charge on any atom is -0.383 e. The van der Waals surface area contributed by atoms with E-state index in [9.17, 15) is 10.1 Å². The summed E-state index contributed by atoms with van der Waals surface area (Å²) in [5.41, 5.74) is -0.126. The van der Waals surface area contributed by atoms with Crippen LogP contribution in [0.3, 0.4) is 0 Å². The maximum absolute atomic E-state index is 11.0. The summed E-state index contributed by atoms with van der Waals surface area (Å²) in [4.78, 5) is 20.1. The summed E-state index contributed by atoms with van der Waals surface area (Å²) in [6.07, 6.45) is 1.20. The molecule has 100 valence electrons. The molecule has 0 saturated carbocycles. The highest BCUT2D eigenvalue weighted by molar-refractivity contribution is 5.58. The van der Waals surface area contributed by atoms with Crippen molar-refractivity contribution >= 4 is 17.5 Å². The Morgan fingerprint density at radius 1 is 1.67 bits per heavy atom. The van der Waals surface area contributed by atoms with Crippen LogP contribution in [0.15, 0.2) is 6.20 Å². The molecule has 0 amide bonds. The average molecular weight is 255 g/mol. The van der Waals surface area contributed by atoms with Gasteiger partial charge < -0.3 is 15.0 Å². The van der Waals surface area contributed by atoms with Crippen molar-refractivity contribution in [3.05, 3.63) is 16.3 Å². The summed E-state index contributed by atoms with van der Waals surface area (Å²) < 4.78 is 5.03. The maximum atomic E-state index is 11.0. The number of hydrogen-bond acceptors (Lipinski definition) is 7. The van der Waals surface area contributed by atoms with Gasteiger partial charge in [-0.25, -0.2) is 4.98 Å². The number of aromatic nitrogens is 2. The van der Waals surface area contributed by atoms with Crippen molar-refractivity contribution in [3.8, 4) is 0 Å². The van der Waals surface area contributed by atoms with E-state index in [0.717, 1.165) is 0 Å². The summed E-state index contributed by atoms with van der Waals surface area (Å²) in [5.74, 6) is 0.607. The molecule has 0 radical (unpaired) electrons. The molecule has 0 aliphatic carbocycles. The molecule has 1 aromatic rings. The van der Waals surface area contributed by atoms with E-state index in [1.54, 1.807) is 26.1 Å². The Morgan fingerprint density at radius 2 is 2.33 bits per heavy atom. The highest BCUT2D eigenvalue weighted by atomic mass is 16.6. The van der Waals surface area contributed by atoms with Crippen LogP contribution in [0.25, 0.3) is 0 Å². The number of nitro groups is 1. The molecule has 1 N–H and O–H groups in total. The number of ether oxygens (including phenoxy) is 1. The predicted molar refractivity (Wildman–Crippen MR) is 68.0 cm³/mol. The molecule has 18 heavy (non-hydrogen) atoms. The fourth-order valence-electron chi connectivity index (χ4n) is 1.44. The fraction of sp³-hybridized carbons (Fsp3) is 0.600. The lowest BCUT2D eigenvalue weighted by molar-refractivity contribution is -0.384. The van der Waals surface area contributed by atoms with Crippen LogP contribution in [0.2, 0.25) is 0 Å². The van der Waals surface area contributed by atoms with Crippen LogP contribution in [-0.4, -0.2) is 48.7 Å². The number of methoxy groups -OCH3 is 1. The van der Waals surface area contributed by atoms with E-state index in [4.69, 9.17) is 4.74 Å². The normalized spacial score (nSPS) is 12.0. The highest BCUT2D eigenvalue weighted by Crippen LogP contribution is 2.26. The molecule has 8 heteroatoms. The molecule has 0 saturated heterocycles. The zero-order chi connectivity index (χ0) is 13.7. The predicted octanol–water partition coefficient (Wildman–Crippen LogP) is 0.898. The fourth-order valence-corrected chi connectivity index (χ4v) is 1.44. The smallest absolute Gasteiger partial charge is 0.329 e. The van der Waals surface area contributed by atoms with E-state index in [2.05, 4.69) is 15.3 Å². The summed E-state index contributed by atoms with van der Waals surface area (Å²) in [7, 11) is 4.97. The van der Waals surface area contributed by atoms with Gasteiger partial charge >= 0.3 is 5.69 Å². The summed E-state index contributed by atoms with van der Waals surface area (Å²) >= 11 is 0. The molecule has 0 fully saturated rings. The van der Waals surface area contributed by atoms with E-state index in [1.807, 2.05) is 6.92 Å². The zero-order valence-electron chi connectivity index (χ0n) is 10.9. The molecular formula is C10H17N5O3. The topological polar surface area (TPSA) is 93.4 Å². The first-order valence-electron chi connectivity index (χ1n) is 5.42. The molecule has 0 aromatic carbocycles. The minimum atomic E-state index is -0.495. The first kappa shape index (κ1) is 14.1. The Kier molecular flexibility index (Phi) is 4.78. The third kappa shape index (κ3) is 3.04. The number of anilines is 2. The quantitative estimate of drug-likeness (QED) is 0.596. The van der Waals surface area contributed by atoms with Gasteiger partial charge in [0.1, 0.15) is 6.20 Å². The Hall–Kier alpha value is -1.96. The lowest BCUT2D eigenvalue weighted by Gasteiger charge is -2.24. The van der Waals surface area contributed by atoms with E-state index < -0.39 is 4.92 Å². The second kappa shape index (κ2) is 6.10. The van der Waals surface area contributed by atoms with Gasteiger partial charge in [0.15, 0.2) is 0 Å². The van der Waals surface area contributed by atoms with Gasteiger partial charge in [-0.05, 0) is 6.92 Å². The van der Waals surface area contributed by atoms with E-state index in [1.165, 1.54) is 6.20 Å². The van der Waals surface area contributed by atoms with Crippen molar-refractivity contribution in [3.63, 3.8) is 0 Å². The van der Waals surface area contributed by atoms with Crippen LogP contribution in [0.1, 0.15) is 6.92 Å². The monoisotopic (exact) mass is 255 g/mol. The standard InChI is InChI=1S/C10H17N5O3/c1-7(6-18-4)14(3)9-8(15(16)17)5-12-10(11-2)13-9/h5,7H,6H2,1-4H3,(H,11,12,13). The first-order chi connectivity index (χ1) is 8.51. The minimum absolute atomic E-state index is 0.0340. The van der Waals surface area contributed by atoms with Gasteiger partial charge in [-0.1, -0.05) is 0 Å². The highest BCUT2D eigenvalue weighted by Gasteiger charge is 2.23. The number of likely N-dealkylation sites (N-methyl/N-ethyl adjacent to an activating group) is 1. The third-order valence-corrected chi connectivity index (χ3v) is 2.57. The largest absolute Gasteiger partial charge is 0.383 e. The molecule has 0 bridgehead atoms. The van der Waals surface area contributed by atoms with Gasteiger partial charge in [-0.3, -0.25) is 10.1 Å². The van der Waals surface area contributed by atoms with E-state index in [-0.39, 0.29) is 17.5 Å². The second-order valence-corrected chi connectivity index (χ2v) is 3.82. The van der Waals surface area contributed by atoms with Gasteiger partial charge in [-0.2, -0.15) is 4.98 Å². The van der Waals surface area contributed by atoms with Gasteiger partial charge in [0.05, 0.1) is 17.6 Å². The van der Waals surface area contributed by atoms with Crippen molar-refractivity contribution in [2.45, 2.75) is 13.0 Å². The van der Waals surface area contributed by atoms with Crippen molar-refractivity contribution in [1.82, 2.24) is 9.97 Å². The van der Waals surface area contributed by atoms with E-state index >= 15 is 0 Å².